The zero-order valence-electron chi connectivity index (χ0n) is 36.7. The molecule has 1 fully saturated rings. The zero-order chi connectivity index (χ0) is 41.9. The minimum atomic E-state index is -4.36. The highest BCUT2D eigenvalue weighted by Crippen LogP contribution is 2.43. The van der Waals surface area contributed by atoms with Crippen LogP contribution in [0.25, 0.3) is 0 Å². The SMILES string of the molecule is CC/C=C\CC1OC1C/C=C\C/C=C\C/C=C\C/C=C\CCC(=O)N[C@@H](COP(=O)(O)OCC[N+](C)(C)C)[C@H](O)/C=C/CCCCCCCCCCCCCCC. The Hall–Kier alpha value is -2.10. The van der Waals surface area contributed by atoms with Crippen molar-refractivity contribution < 1.29 is 37.6 Å². The molecule has 1 saturated heterocycles. The van der Waals surface area contributed by atoms with Gasteiger partial charge in [0, 0.05) is 6.42 Å². The van der Waals surface area contributed by atoms with Crippen LogP contribution >= 0.6 is 7.82 Å². The first-order chi connectivity index (χ1) is 27.5. The van der Waals surface area contributed by atoms with Gasteiger partial charge in [-0.2, -0.15) is 0 Å². The Morgan fingerprint density at radius 2 is 1.21 bits per heavy atom. The molecule has 1 heterocycles. The number of hydrogen-bond donors (Lipinski definition) is 3. The summed E-state index contributed by atoms with van der Waals surface area (Å²) in [5.41, 5.74) is 0. The van der Waals surface area contributed by atoms with Crippen molar-refractivity contribution in [2.75, 3.05) is 40.9 Å². The third-order valence-corrected chi connectivity index (χ3v) is 10.8. The van der Waals surface area contributed by atoms with Crippen LogP contribution in [0, 0.1) is 0 Å². The summed E-state index contributed by atoms with van der Waals surface area (Å²) in [6, 6.07) is -0.893. The molecule has 0 aromatic rings. The number of carbonyl (C=O) groups excluding carboxylic acids is 1. The lowest BCUT2D eigenvalue weighted by molar-refractivity contribution is -0.870. The molecule has 10 heteroatoms. The van der Waals surface area contributed by atoms with E-state index < -0.39 is 20.0 Å². The zero-order valence-corrected chi connectivity index (χ0v) is 37.6. The van der Waals surface area contributed by atoms with Crippen molar-refractivity contribution in [2.24, 2.45) is 0 Å². The van der Waals surface area contributed by atoms with E-state index in [4.69, 9.17) is 13.8 Å². The predicted octanol–water partition coefficient (Wildman–Crippen LogP) is 11.4. The smallest absolute Gasteiger partial charge is 0.387 e. The van der Waals surface area contributed by atoms with Crippen molar-refractivity contribution in [3.63, 3.8) is 0 Å². The summed E-state index contributed by atoms with van der Waals surface area (Å²) in [7, 11) is 1.51. The minimum Gasteiger partial charge on any atom is -0.387 e. The van der Waals surface area contributed by atoms with Gasteiger partial charge in [0.15, 0.2) is 0 Å². The van der Waals surface area contributed by atoms with Gasteiger partial charge in [-0.05, 0) is 57.8 Å². The molecule has 0 aromatic heterocycles. The Balaban J connectivity index is 2.37. The van der Waals surface area contributed by atoms with Crippen LogP contribution in [0.5, 0.6) is 0 Å². The highest BCUT2D eigenvalue weighted by atomic mass is 31.2. The second-order valence-corrected chi connectivity index (χ2v) is 17.9. The standard InChI is InChI=1S/C47H83N2O7P/c1-6-8-10-11-12-13-14-15-16-17-20-23-26-29-33-36-44(50)43(42-55-57(52,53)54-41-40-49(3,4)5)48-47(51)39-35-31-28-25-22-19-18-21-24-27-30-34-38-46-45(56-46)37-32-9-7-2/h9,19,21-22,24,28,30-34,36,43-46,50H,6-8,10-18,20,23,25-27,29,35,37-42H2,1-5H3,(H-,48,51,52,53)/p+1/b22-19-,24-21-,31-28-,32-9-,34-30-,36-33+/t43-,44+,45?,46?/m0/s1. The second-order valence-electron chi connectivity index (χ2n) is 16.4. The van der Waals surface area contributed by atoms with E-state index in [2.05, 4.69) is 67.8 Å². The number of amides is 1. The molecule has 328 valence electrons. The maximum Gasteiger partial charge on any atom is 0.472 e. The van der Waals surface area contributed by atoms with Crippen LogP contribution in [0.3, 0.4) is 0 Å². The molecule has 0 bridgehead atoms. The van der Waals surface area contributed by atoms with Crippen LogP contribution in [0.4, 0.5) is 0 Å². The third kappa shape index (κ3) is 34.5. The van der Waals surface area contributed by atoms with Gasteiger partial charge in [0.05, 0.1) is 52.1 Å². The van der Waals surface area contributed by atoms with Crippen LogP contribution in [0.1, 0.15) is 155 Å². The number of allylic oxidation sites excluding steroid dienone is 9. The Morgan fingerprint density at radius 1 is 0.702 bits per heavy atom. The van der Waals surface area contributed by atoms with Gasteiger partial charge >= 0.3 is 7.82 Å². The molecular formula is C47H84N2O7P+. The average molecular weight is 820 g/mol. The van der Waals surface area contributed by atoms with Crippen molar-refractivity contribution in [1.29, 1.82) is 0 Å². The number of carbonyl (C=O) groups is 1. The van der Waals surface area contributed by atoms with E-state index in [1.165, 1.54) is 70.6 Å². The summed E-state index contributed by atoms with van der Waals surface area (Å²) in [5, 5.41) is 13.8. The number of unbranched alkanes of at least 4 members (excludes halogenated alkanes) is 13. The normalized spacial score (nSPS) is 18.6. The fraction of sp³-hybridized carbons (Fsp3) is 0.723. The first-order valence-corrected chi connectivity index (χ1v) is 23.9. The Labute approximate surface area is 349 Å². The van der Waals surface area contributed by atoms with Crippen molar-refractivity contribution >= 4 is 13.7 Å². The van der Waals surface area contributed by atoms with E-state index in [9.17, 15) is 19.4 Å². The number of aliphatic hydroxyl groups is 1. The average Bonchev–Trinajstić information content (AvgIpc) is 3.92. The molecule has 0 aliphatic carbocycles. The van der Waals surface area contributed by atoms with Gasteiger partial charge in [0.2, 0.25) is 5.91 Å². The lowest BCUT2D eigenvalue weighted by Gasteiger charge is -2.25. The van der Waals surface area contributed by atoms with Crippen LogP contribution in [-0.2, 0) is 23.1 Å². The van der Waals surface area contributed by atoms with Crippen LogP contribution in [-0.4, -0.2) is 85.6 Å². The van der Waals surface area contributed by atoms with E-state index in [0.717, 1.165) is 57.8 Å². The molecule has 1 aliphatic heterocycles. The maximum atomic E-state index is 12.8. The van der Waals surface area contributed by atoms with Gasteiger partial charge in [-0.25, -0.2) is 4.57 Å². The third-order valence-electron chi connectivity index (χ3n) is 9.85. The number of phosphoric acid groups is 1. The van der Waals surface area contributed by atoms with Crippen LogP contribution in [0.15, 0.2) is 72.9 Å². The number of aliphatic hydroxyl groups excluding tert-OH is 1. The Kier molecular flexibility index (Phi) is 32.2. The summed E-state index contributed by atoms with van der Waals surface area (Å²) in [6.45, 7) is 4.61. The molecule has 0 spiro atoms. The first kappa shape index (κ1) is 52.9. The van der Waals surface area contributed by atoms with Gasteiger partial charge in [-0.3, -0.25) is 13.8 Å². The number of likely N-dealkylation sites (N-methyl/N-ethyl adjacent to an activating group) is 1. The molecule has 1 amide bonds. The Bertz CT molecular complexity index is 1220. The van der Waals surface area contributed by atoms with Gasteiger partial charge in [-0.1, -0.05) is 164 Å². The monoisotopic (exact) mass is 820 g/mol. The number of epoxide rings is 1. The van der Waals surface area contributed by atoms with Crippen molar-refractivity contribution in [2.45, 2.75) is 179 Å². The van der Waals surface area contributed by atoms with E-state index in [1.54, 1.807) is 6.08 Å². The van der Waals surface area contributed by atoms with Crippen molar-refractivity contribution in [3.05, 3.63) is 72.9 Å². The van der Waals surface area contributed by atoms with Gasteiger partial charge < -0.3 is 24.5 Å². The lowest BCUT2D eigenvalue weighted by Crippen LogP contribution is -2.45. The molecule has 0 aromatic carbocycles. The van der Waals surface area contributed by atoms with Crippen molar-refractivity contribution in [1.82, 2.24) is 5.32 Å². The van der Waals surface area contributed by atoms with E-state index >= 15 is 0 Å². The molecule has 57 heavy (non-hydrogen) atoms. The molecule has 3 unspecified atom stereocenters. The topological polar surface area (TPSA) is 118 Å². The number of rotatable bonds is 38. The first-order valence-electron chi connectivity index (χ1n) is 22.4. The molecule has 9 nitrogen and oxygen atoms in total. The maximum absolute atomic E-state index is 12.8. The number of quaternary nitrogens is 1. The summed E-state index contributed by atoms with van der Waals surface area (Å²) >= 11 is 0. The van der Waals surface area contributed by atoms with Gasteiger partial charge in [-0.15, -0.1) is 0 Å². The molecular weight excluding hydrogens is 735 g/mol. The molecule has 1 rings (SSSR count). The van der Waals surface area contributed by atoms with Crippen molar-refractivity contribution in [3.8, 4) is 0 Å². The van der Waals surface area contributed by atoms with Gasteiger partial charge in [0.1, 0.15) is 13.2 Å². The van der Waals surface area contributed by atoms with Gasteiger partial charge in [0.25, 0.3) is 0 Å². The van der Waals surface area contributed by atoms with E-state index in [-0.39, 0.29) is 25.5 Å². The molecule has 3 N–H and O–H groups in total. The number of hydrogen-bond acceptors (Lipinski definition) is 6. The minimum absolute atomic E-state index is 0.0424. The number of nitrogens with zero attached hydrogens (tertiary/aromatic N) is 1. The molecule has 0 radical (unpaired) electrons. The summed E-state index contributed by atoms with van der Waals surface area (Å²) in [5.74, 6) is -0.265. The number of phosphoric ester groups is 1. The molecule has 1 aliphatic rings. The quantitative estimate of drug-likeness (QED) is 0.0187. The fourth-order valence-corrected chi connectivity index (χ4v) is 6.90. The van der Waals surface area contributed by atoms with E-state index in [1.807, 2.05) is 39.4 Å². The highest BCUT2D eigenvalue weighted by Gasteiger charge is 2.36. The molecule has 5 atom stereocenters. The highest BCUT2D eigenvalue weighted by molar-refractivity contribution is 7.47. The largest absolute Gasteiger partial charge is 0.472 e. The lowest BCUT2D eigenvalue weighted by atomic mass is 10.0. The summed E-state index contributed by atoms with van der Waals surface area (Å²) in [6.07, 6.45) is 48.8. The summed E-state index contributed by atoms with van der Waals surface area (Å²) < 4.78 is 29.2. The Morgan fingerprint density at radius 3 is 1.75 bits per heavy atom. The van der Waals surface area contributed by atoms with Crippen LogP contribution < -0.4 is 5.32 Å². The second kappa shape index (κ2) is 34.7. The fourth-order valence-electron chi connectivity index (χ4n) is 6.16. The number of nitrogens with one attached hydrogen (secondary N) is 1. The predicted molar refractivity (Wildman–Crippen MR) is 239 cm³/mol. The summed E-state index contributed by atoms with van der Waals surface area (Å²) in [4.78, 5) is 23.1. The number of ether oxygens (including phenoxy) is 1. The molecule has 0 saturated carbocycles. The van der Waals surface area contributed by atoms with E-state index in [0.29, 0.717) is 29.7 Å². The van der Waals surface area contributed by atoms with Crippen LogP contribution in [0.2, 0.25) is 0 Å².